The molecular weight excluding hydrogens is 460 g/mol. The molecule has 1 aromatic carbocycles. The van der Waals surface area contributed by atoms with Crippen LogP contribution in [0.25, 0.3) is 0 Å². The maximum atomic E-state index is 13.4. The summed E-state index contributed by atoms with van der Waals surface area (Å²) in [6.07, 6.45) is 3.40. The number of methoxy groups -OCH3 is 1. The highest BCUT2D eigenvalue weighted by atomic mass is 16.7. The van der Waals surface area contributed by atoms with Gasteiger partial charge < -0.3 is 14.9 Å². The molecule has 192 valence electrons. The molecule has 0 spiro atoms. The summed E-state index contributed by atoms with van der Waals surface area (Å²) in [5.41, 5.74) is 2.98. The van der Waals surface area contributed by atoms with Crippen LogP contribution in [0.5, 0.6) is 0 Å². The maximum Gasteiger partial charge on any atom is 0.238 e. The van der Waals surface area contributed by atoms with Crippen LogP contribution in [-0.4, -0.2) is 78.4 Å². The van der Waals surface area contributed by atoms with Crippen LogP contribution in [0.4, 0.5) is 0 Å². The van der Waals surface area contributed by atoms with Gasteiger partial charge >= 0.3 is 0 Å². The number of likely N-dealkylation sites (tertiary alicyclic amines) is 1. The van der Waals surface area contributed by atoms with Gasteiger partial charge in [-0.15, -0.1) is 0 Å². The molecule has 0 aliphatic carbocycles. The number of fused-ring (bicyclic) bond motifs is 5. The molecule has 4 aliphatic heterocycles. The van der Waals surface area contributed by atoms with Crippen LogP contribution in [0, 0.1) is 17.8 Å². The van der Waals surface area contributed by atoms with Gasteiger partial charge in [0.15, 0.2) is 6.23 Å². The fraction of sp³-hybridized carbons (Fsp3) is 0.556. The molecule has 4 aliphatic rings. The second kappa shape index (κ2) is 9.12. The van der Waals surface area contributed by atoms with Gasteiger partial charge in [-0.3, -0.25) is 19.3 Å². The van der Waals surface area contributed by atoms with Crippen molar-refractivity contribution in [2.75, 3.05) is 26.8 Å². The number of rotatable bonds is 6. The van der Waals surface area contributed by atoms with Crippen molar-refractivity contribution in [2.45, 2.75) is 51.4 Å². The van der Waals surface area contributed by atoms with Crippen LogP contribution in [0.1, 0.15) is 38.8 Å². The van der Waals surface area contributed by atoms with Crippen molar-refractivity contribution in [3.63, 3.8) is 0 Å². The zero-order valence-electron chi connectivity index (χ0n) is 21.4. The number of nitrogens with zero attached hydrogens (tertiary/aromatic N) is 3. The standard InChI is InChI=1S/C27H34N4O5/c1-6-30-24(33)19-18-12-11-17-21(15-7-9-16(10-8-15)27(2,3)4)29-36-26(17)31(18)22(20(19)25(30)34)23(32)28-13-14-35-5/h7-12,17-20,22,26H,6,13-14H2,1-5H3,(H,28,32)/t17-,18?,19+,20+,22+,26+/m1/s1. The Bertz CT molecular complexity index is 1120. The molecule has 6 atom stereocenters. The van der Waals surface area contributed by atoms with E-state index in [9.17, 15) is 14.4 Å². The number of carbonyl (C=O) groups excluding carboxylic acids is 3. The van der Waals surface area contributed by atoms with Gasteiger partial charge in [0.25, 0.3) is 0 Å². The fourth-order valence-corrected chi connectivity index (χ4v) is 5.98. The van der Waals surface area contributed by atoms with Crippen LogP contribution in [0.15, 0.2) is 41.6 Å². The molecule has 0 radical (unpaired) electrons. The van der Waals surface area contributed by atoms with Gasteiger partial charge in [-0.25, -0.2) is 4.90 Å². The lowest BCUT2D eigenvalue weighted by Gasteiger charge is -2.38. The highest BCUT2D eigenvalue weighted by Crippen LogP contribution is 2.48. The average Bonchev–Trinajstić information content (AvgIpc) is 3.49. The molecule has 1 unspecified atom stereocenters. The minimum absolute atomic E-state index is 0.0369. The summed E-state index contributed by atoms with van der Waals surface area (Å²) in [6.45, 7) is 9.24. The average molecular weight is 495 g/mol. The van der Waals surface area contributed by atoms with Gasteiger partial charge in [-0.05, 0) is 17.9 Å². The van der Waals surface area contributed by atoms with E-state index in [-0.39, 0.29) is 29.1 Å². The summed E-state index contributed by atoms with van der Waals surface area (Å²) in [4.78, 5) is 49.1. The fourth-order valence-electron chi connectivity index (χ4n) is 5.98. The second-order valence-electron chi connectivity index (χ2n) is 10.8. The van der Waals surface area contributed by atoms with Crippen molar-refractivity contribution < 1.29 is 24.0 Å². The molecular formula is C27H34N4O5. The Kier molecular flexibility index (Phi) is 6.24. The first-order valence-electron chi connectivity index (χ1n) is 12.6. The lowest BCUT2D eigenvalue weighted by atomic mass is 9.84. The van der Waals surface area contributed by atoms with Gasteiger partial charge in [0.1, 0.15) is 6.04 Å². The molecule has 9 heteroatoms. The summed E-state index contributed by atoms with van der Waals surface area (Å²) >= 11 is 0. The van der Waals surface area contributed by atoms with Crippen LogP contribution in [-0.2, 0) is 29.4 Å². The van der Waals surface area contributed by atoms with Gasteiger partial charge in [0, 0.05) is 31.8 Å². The van der Waals surface area contributed by atoms with Crippen molar-refractivity contribution >= 4 is 23.4 Å². The summed E-state index contributed by atoms with van der Waals surface area (Å²) in [6, 6.07) is 7.04. The van der Waals surface area contributed by atoms with E-state index in [4.69, 9.17) is 9.57 Å². The molecule has 0 bridgehead atoms. The Labute approximate surface area is 211 Å². The van der Waals surface area contributed by atoms with E-state index in [0.29, 0.717) is 19.7 Å². The first kappa shape index (κ1) is 24.6. The van der Waals surface area contributed by atoms with Crippen LogP contribution >= 0.6 is 0 Å². The first-order chi connectivity index (χ1) is 17.2. The summed E-state index contributed by atoms with van der Waals surface area (Å²) < 4.78 is 5.07. The topological polar surface area (TPSA) is 101 Å². The number of ether oxygens (including phenoxy) is 1. The van der Waals surface area contributed by atoms with E-state index in [1.807, 2.05) is 29.2 Å². The minimum Gasteiger partial charge on any atom is -0.383 e. The monoisotopic (exact) mass is 494 g/mol. The summed E-state index contributed by atoms with van der Waals surface area (Å²) in [5.74, 6) is -2.42. The summed E-state index contributed by atoms with van der Waals surface area (Å²) in [5, 5.41) is 7.30. The summed E-state index contributed by atoms with van der Waals surface area (Å²) in [7, 11) is 1.56. The zero-order valence-corrected chi connectivity index (χ0v) is 21.4. The Morgan fingerprint density at radius 1 is 1.11 bits per heavy atom. The molecule has 3 amide bonds. The van der Waals surface area contributed by atoms with E-state index < -0.39 is 30.1 Å². The number of hydrogen-bond donors (Lipinski definition) is 1. The van der Waals surface area contributed by atoms with Crippen molar-refractivity contribution in [1.29, 1.82) is 0 Å². The van der Waals surface area contributed by atoms with Crippen molar-refractivity contribution in [1.82, 2.24) is 15.1 Å². The second-order valence-corrected chi connectivity index (χ2v) is 10.8. The third-order valence-electron chi connectivity index (χ3n) is 7.79. The van der Waals surface area contributed by atoms with Gasteiger partial charge in [0.2, 0.25) is 17.7 Å². The van der Waals surface area contributed by atoms with Crippen LogP contribution in [0.2, 0.25) is 0 Å². The van der Waals surface area contributed by atoms with E-state index in [0.717, 1.165) is 11.3 Å². The number of oxime groups is 1. The number of amides is 3. The molecule has 0 saturated carbocycles. The predicted octanol–water partition coefficient (Wildman–Crippen LogP) is 1.67. The molecule has 2 saturated heterocycles. The molecule has 5 rings (SSSR count). The van der Waals surface area contributed by atoms with E-state index in [1.165, 1.54) is 10.5 Å². The number of nitrogens with one attached hydrogen (secondary N) is 1. The van der Waals surface area contributed by atoms with Gasteiger partial charge in [0.05, 0.1) is 30.1 Å². The molecule has 2 fully saturated rings. The smallest absolute Gasteiger partial charge is 0.238 e. The SMILES string of the molecule is CCN1C(=O)[C@@H]2[C@@H](C(=O)NCCOC)N3C(C=C[C@@H]4C(c5ccc(C(C)(C)C)cc5)=NO[C@@H]43)[C@@H]2C1=O. The Hall–Kier alpha value is -3.04. The van der Waals surface area contributed by atoms with E-state index in [2.05, 4.69) is 43.4 Å². The molecule has 0 aromatic heterocycles. The highest BCUT2D eigenvalue weighted by Gasteiger charge is 2.66. The van der Waals surface area contributed by atoms with E-state index in [1.54, 1.807) is 14.0 Å². The molecule has 1 N–H and O–H groups in total. The van der Waals surface area contributed by atoms with Gasteiger partial charge in [-0.1, -0.05) is 62.3 Å². The third kappa shape index (κ3) is 3.76. The normalized spacial score (nSPS) is 31.1. The Balaban J connectivity index is 1.47. The lowest BCUT2D eigenvalue weighted by Crippen LogP contribution is -2.58. The molecule has 9 nitrogen and oxygen atoms in total. The molecule has 1 aromatic rings. The molecule has 4 heterocycles. The number of benzene rings is 1. The third-order valence-corrected chi connectivity index (χ3v) is 7.79. The Morgan fingerprint density at radius 3 is 2.44 bits per heavy atom. The quantitative estimate of drug-likeness (QED) is 0.367. The Morgan fingerprint density at radius 2 is 1.81 bits per heavy atom. The van der Waals surface area contributed by atoms with Crippen molar-refractivity contribution in [3.05, 3.63) is 47.5 Å². The highest BCUT2D eigenvalue weighted by molar-refractivity contribution is 6.09. The molecule has 36 heavy (non-hydrogen) atoms. The van der Waals surface area contributed by atoms with Crippen molar-refractivity contribution in [2.24, 2.45) is 22.9 Å². The number of carbonyl (C=O) groups is 3. The van der Waals surface area contributed by atoms with Crippen molar-refractivity contribution in [3.8, 4) is 0 Å². The van der Waals surface area contributed by atoms with Crippen LogP contribution in [0.3, 0.4) is 0 Å². The number of imide groups is 1. The number of hydrogen-bond acceptors (Lipinski definition) is 7. The minimum atomic E-state index is -0.833. The maximum absolute atomic E-state index is 13.4. The largest absolute Gasteiger partial charge is 0.383 e. The van der Waals surface area contributed by atoms with Gasteiger partial charge in [-0.2, -0.15) is 0 Å². The predicted molar refractivity (Wildman–Crippen MR) is 133 cm³/mol. The zero-order chi connectivity index (χ0) is 25.8. The first-order valence-corrected chi connectivity index (χ1v) is 12.6. The lowest BCUT2D eigenvalue weighted by molar-refractivity contribution is -0.148. The van der Waals surface area contributed by atoms with E-state index >= 15 is 0 Å². The van der Waals surface area contributed by atoms with Crippen LogP contribution < -0.4 is 5.32 Å².